The summed E-state index contributed by atoms with van der Waals surface area (Å²) in [6.07, 6.45) is 0. The van der Waals surface area contributed by atoms with Crippen LogP contribution in [0.25, 0.3) is 0 Å². The first-order valence-corrected chi connectivity index (χ1v) is 7.83. The Bertz CT molecular complexity index is 132. The molecule has 68 valence electrons. The molecule has 0 aromatic rings. The molecule has 0 fully saturated rings. The molecule has 0 unspecified atom stereocenters. The zero-order valence-corrected chi connectivity index (χ0v) is 12.2. The molecule has 0 heterocycles. The van der Waals surface area contributed by atoms with Gasteiger partial charge in [-0.15, -0.1) is 0 Å². The molecule has 0 bridgehead atoms. The Morgan fingerprint density at radius 3 is 1.64 bits per heavy atom. The van der Waals surface area contributed by atoms with Crippen LogP contribution in [0.3, 0.4) is 0 Å². The third-order valence-electron chi connectivity index (χ3n) is 1.07. The van der Waals surface area contributed by atoms with E-state index in [4.69, 9.17) is 9.79 Å². The van der Waals surface area contributed by atoms with Gasteiger partial charge in [0.25, 0.3) is 0 Å². The Labute approximate surface area is 92.0 Å². The van der Waals surface area contributed by atoms with Crippen molar-refractivity contribution >= 4 is 53.3 Å². The molecule has 0 atom stereocenters. The van der Waals surface area contributed by atoms with Crippen molar-refractivity contribution in [3.05, 3.63) is 0 Å². The predicted octanol–water partition coefficient (Wildman–Crippen LogP) is 1.46. The molecule has 0 spiro atoms. The average Bonchev–Trinajstić information content (AvgIpc) is 1.56. The zero-order chi connectivity index (χ0) is 9.28. The van der Waals surface area contributed by atoms with Gasteiger partial charge in [-0.1, -0.05) is 0 Å². The summed E-state index contributed by atoms with van der Waals surface area (Å²) in [4.78, 5) is 0. The molecular weight excluding hydrogens is 390 g/mol. The Morgan fingerprint density at radius 2 is 1.55 bits per heavy atom. The van der Waals surface area contributed by atoms with Crippen LogP contribution in [-0.4, -0.2) is 31.7 Å². The monoisotopic (exact) mass is 398 g/mol. The van der Waals surface area contributed by atoms with Crippen molar-refractivity contribution in [3.63, 3.8) is 0 Å². The van der Waals surface area contributed by atoms with E-state index >= 15 is 0 Å². The molecule has 0 aliphatic heterocycles. The van der Waals surface area contributed by atoms with E-state index in [2.05, 4.69) is 31.9 Å². The van der Waals surface area contributed by atoms with Crippen LogP contribution in [-0.2, 0) is 3.02 Å². The van der Waals surface area contributed by atoms with Gasteiger partial charge in [0.1, 0.15) is 0 Å². The molecular formula is C5H11Br2O3Sb. The maximum absolute atomic E-state index is 8.71. The van der Waals surface area contributed by atoms with E-state index in [1.807, 2.05) is 20.8 Å². The Hall–Kier alpha value is 1.66. The summed E-state index contributed by atoms with van der Waals surface area (Å²) in [7, 11) is 0. The molecule has 0 saturated heterocycles. The van der Waals surface area contributed by atoms with Gasteiger partial charge in [-0.2, -0.15) is 0 Å². The minimum atomic E-state index is -3.37. The second-order valence-electron chi connectivity index (χ2n) is 3.11. The first kappa shape index (κ1) is 12.7. The number of alkyl halides is 2. The van der Waals surface area contributed by atoms with Gasteiger partial charge in [0.15, 0.2) is 0 Å². The summed E-state index contributed by atoms with van der Waals surface area (Å²) in [5.74, 6) is 0. The van der Waals surface area contributed by atoms with Gasteiger partial charge in [-0.3, -0.25) is 0 Å². The van der Waals surface area contributed by atoms with Crippen molar-refractivity contribution in [3.8, 4) is 0 Å². The molecule has 0 saturated carbocycles. The normalized spacial score (nSPS) is 14.2. The van der Waals surface area contributed by atoms with E-state index < -0.39 is 24.9 Å². The molecule has 0 aromatic heterocycles. The van der Waals surface area contributed by atoms with Crippen LogP contribution in [0.1, 0.15) is 20.8 Å². The molecule has 0 amide bonds. The number of hydrogen-bond acceptors (Lipinski definition) is 3. The molecule has 6 heteroatoms. The van der Waals surface area contributed by atoms with Crippen molar-refractivity contribution in [2.45, 2.75) is 24.2 Å². The first-order chi connectivity index (χ1) is 4.67. The summed E-state index contributed by atoms with van der Waals surface area (Å²) in [5, 5.41) is 0. The van der Waals surface area contributed by atoms with Crippen molar-refractivity contribution in [1.82, 2.24) is 0 Å². The molecule has 0 aromatic carbocycles. The van der Waals surface area contributed by atoms with Crippen LogP contribution in [0.4, 0.5) is 0 Å². The SMILES string of the molecule is CC(C)(C)C(Br)(Br)[O][Sb]([OH])[OH]. The van der Waals surface area contributed by atoms with Crippen molar-refractivity contribution in [2.24, 2.45) is 5.41 Å². The molecule has 0 aliphatic rings. The fraction of sp³-hybridized carbons (Fsp3) is 1.00. The fourth-order valence-corrected chi connectivity index (χ4v) is 3.34. The maximum atomic E-state index is 8.71. The second kappa shape index (κ2) is 4.25. The van der Waals surface area contributed by atoms with E-state index in [9.17, 15) is 0 Å². The van der Waals surface area contributed by atoms with E-state index in [1.165, 1.54) is 0 Å². The summed E-state index contributed by atoms with van der Waals surface area (Å²) >= 11 is 3.07. The molecule has 2 N–H and O–H groups in total. The Morgan fingerprint density at radius 1 is 1.18 bits per heavy atom. The standard InChI is InChI=1S/C5H9Br2O.2H2O.Sb/c1-4(2,3)5(6,7)8;;;/h1-3H3;2*1H2;/q-1;;;+3/p-2. The van der Waals surface area contributed by atoms with Crippen molar-refractivity contribution in [1.29, 1.82) is 0 Å². The second-order valence-corrected chi connectivity index (χ2v) is 8.37. The van der Waals surface area contributed by atoms with E-state index in [1.54, 1.807) is 0 Å². The third kappa shape index (κ3) is 4.44. The average molecular weight is 401 g/mol. The molecule has 0 aliphatic carbocycles. The van der Waals surface area contributed by atoms with Crippen molar-refractivity contribution in [2.75, 3.05) is 0 Å². The number of hydrogen-bond donors (Lipinski definition) is 2. The van der Waals surface area contributed by atoms with Crippen molar-refractivity contribution < 1.29 is 9.79 Å². The summed E-state index contributed by atoms with van der Waals surface area (Å²) in [5.41, 5.74) is -0.235. The molecule has 11 heavy (non-hydrogen) atoms. The van der Waals surface area contributed by atoms with Gasteiger partial charge in [0.2, 0.25) is 0 Å². The van der Waals surface area contributed by atoms with Crippen LogP contribution >= 0.6 is 31.9 Å². The van der Waals surface area contributed by atoms with Gasteiger partial charge >= 0.3 is 92.7 Å². The predicted molar refractivity (Wildman–Crippen MR) is 51.3 cm³/mol. The number of halogens is 2. The van der Waals surface area contributed by atoms with Crippen LogP contribution in [0.15, 0.2) is 0 Å². The molecule has 3 nitrogen and oxygen atoms in total. The quantitative estimate of drug-likeness (QED) is 0.545. The van der Waals surface area contributed by atoms with E-state index in [-0.39, 0.29) is 5.41 Å². The zero-order valence-electron chi connectivity index (χ0n) is 6.51. The van der Waals surface area contributed by atoms with Gasteiger partial charge < -0.3 is 0 Å². The van der Waals surface area contributed by atoms with Crippen LogP contribution < -0.4 is 0 Å². The van der Waals surface area contributed by atoms with E-state index in [0.29, 0.717) is 0 Å². The van der Waals surface area contributed by atoms with E-state index in [0.717, 1.165) is 0 Å². The van der Waals surface area contributed by atoms with Crippen LogP contribution in [0, 0.1) is 5.41 Å². The van der Waals surface area contributed by atoms with Gasteiger partial charge in [0, 0.05) is 0 Å². The van der Waals surface area contributed by atoms with Crippen LogP contribution in [0.2, 0.25) is 0 Å². The summed E-state index contributed by atoms with van der Waals surface area (Å²) in [6, 6.07) is 0. The first-order valence-electron chi connectivity index (χ1n) is 2.91. The van der Waals surface area contributed by atoms with Gasteiger partial charge in [-0.25, -0.2) is 0 Å². The Kier molecular flexibility index (Phi) is 4.89. The minimum absolute atomic E-state index is 0.235. The molecule has 0 radical (unpaired) electrons. The third-order valence-corrected chi connectivity index (χ3v) is 6.51. The molecule has 0 rings (SSSR count). The van der Waals surface area contributed by atoms with Gasteiger partial charge in [0.05, 0.1) is 0 Å². The van der Waals surface area contributed by atoms with Crippen LogP contribution in [0.5, 0.6) is 0 Å². The Balaban J connectivity index is 4.22. The van der Waals surface area contributed by atoms with Gasteiger partial charge in [-0.05, 0) is 0 Å². The topological polar surface area (TPSA) is 49.7 Å². The summed E-state index contributed by atoms with van der Waals surface area (Å²) < 4.78 is 21.5. The fourth-order valence-electron chi connectivity index (χ4n) is 0.239. The summed E-state index contributed by atoms with van der Waals surface area (Å²) in [6.45, 7) is 5.75. The number of rotatable bonds is 2.